The molecule has 0 aromatic heterocycles. The molecule has 0 atom stereocenters. The minimum Gasteiger partial charge on any atom is -0.497 e. The summed E-state index contributed by atoms with van der Waals surface area (Å²) in [5, 5.41) is 0. The molecule has 3 aromatic rings. The van der Waals surface area contributed by atoms with Crippen LogP contribution in [0.15, 0.2) is 60.7 Å². The van der Waals surface area contributed by atoms with Crippen LogP contribution in [0.1, 0.15) is 22.6 Å². The molecular weight excluding hydrogens is 368 g/mol. The van der Waals surface area contributed by atoms with Crippen LogP contribution >= 0.6 is 0 Å². The molecule has 3 rings (SSSR count). The highest BCUT2D eigenvalue weighted by Gasteiger charge is 2.23. The second-order valence-electron chi connectivity index (χ2n) is 6.43. The fourth-order valence-electron chi connectivity index (χ4n) is 3.42. The molecule has 0 aliphatic carbocycles. The summed E-state index contributed by atoms with van der Waals surface area (Å²) in [6.45, 7) is 0. The van der Waals surface area contributed by atoms with Gasteiger partial charge in [-0.2, -0.15) is 0 Å². The van der Waals surface area contributed by atoms with Crippen molar-refractivity contribution >= 4 is 0 Å². The quantitative estimate of drug-likeness (QED) is 0.508. The standard InChI is InChI=1S/C24H26O5/c1-25-18-10-6-16(7-11-18)24(17-8-12-19(26-2)13-9-17)20-14-22(28-4)23(29-5)15-21(20)27-3/h6-15,24H,1-5H3. The molecule has 5 nitrogen and oxygen atoms in total. The second kappa shape index (κ2) is 9.24. The monoisotopic (exact) mass is 394 g/mol. The first-order chi connectivity index (χ1) is 14.1. The van der Waals surface area contributed by atoms with Gasteiger partial charge >= 0.3 is 0 Å². The molecule has 5 heteroatoms. The number of benzene rings is 3. The Bertz CT molecular complexity index is 885. The minimum absolute atomic E-state index is 0.0819. The molecule has 0 radical (unpaired) electrons. The van der Waals surface area contributed by atoms with Gasteiger partial charge in [-0.05, 0) is 41.5 Å². The summed E-state index contributed by atoms with van der Waals surface area (Å²) in [6, 6.07) is 19.9. The Morgan fingerprint density at radius 3 is 1.28 bits per heavy atom. The molecule has 0 fully saturated rings. The Kier molecular flexibility index (Phi) is 6.50. The first-order valence-corrected chi connectivity index (χ1v) is 9.23. The van der Waals surface area contributed by atoms with Gasteiger partial charge in [-0.1, -0.05) is 24.3 Å². The van der Waals surface area contributed by atoms with Crippen LogP contribution in [-0.2, 0) is 0 Å². The molecule has 0 N–H and O–H groups in total. The number of methoxy groups -OCH3 is 5. The third-order valence-electron chi connectivity index (χ3n) is 4.95. The van der Waals surface area contributed by atoms with E-state index in [4.69, 9.17) is 23.7 Å². The third kappa shape index (κ3) is 4.24. The summed E-state index contributed by atoms with van der Waals surface area (Å²) in [6.07, 6.45) is 0. The average molecular weight is 394 g/mol. The van der Waals surface area contributed by atoms with E-state index >= 15 is 0 Å². The Morgan fingerprint density at radius 2 is 0.897 bits per heavy atom. The summed E-state index contributed by atoms with van der Waals surface area (Å²) in [5.41, 5.74) is 3.17. The Hall–Kier alpha value is -3.34. The van der Waals surface area contributed by atoms with Crippen molar-refractivity contribution in [2.75, 3.05) is 35.5 Å². The zero-order chi connectivity index (χ0) is 20.8. The number of hydrogen-bond acceptors (Lipinski definition) is 5. The predicted molar refractivity (Wildman–Crippen MR) is 113 cm³/mol. The van der Waals surface area contributed by atoms with Crippen molar-refractivity contribution in [3.8, 4) is 28.7 Å². The lowest BCUT2D eigenvalue weighted by atomic mass is 9.84. The highest BCUT2D eigenvalue weighted by Crippen LogP contribution is 2.43. The molecule has 29 heavy (non-hydrogen) atoms. The van der Waals surface area contributed by atoms with E-state index in [1.54, 1.807) is 35.5 Å². The van der Waals surface area contributed by atoms with Gasteiger partial charge in [-0.3, -0.25) is 0 Å². The highest BCUT2D eigenvalue weighted by atomic mass is 16.5. The summed E-state index contributed by atoms with van der Waals surface area (Å²) in [4.78, 5) is 0. The van der Waals surface area contributed by atoms with Crippen LogP contribution in [0.3, 0.4) is 0 Å². The van der Waals surface area contributed by atoms with Crippen LogP contribution in [0.4, 0.5) is 0 Å². The average Bonchev–Trinajstić information content (AvgIpc) is 2.79. The van der Waals surface area contributed by atoms with Crippen LogP contribution < -0.4 is 23.7 Å². The molecule has 3 aromatic carbocycles. The maximum absolute atomic E-state index is 5.72. The maximum Gasteiger partial charge on any atom is 0.164 e. The Labute approximate surface area is 171 Å². The first-order valence-electron chi connectivity index (χ1n) is 9.23. The van der Waals surface area contributed by atoms with Crippen LogP contribution in [-0.4, -0.2) is 35.5 Å². The molecule has 0 bridgehead atoms. The van der Waals surface area contributed by atoms with Gasteiger partial charge in [0.1, 0.15) is 17.2 Å². The van der Waals surface area contributed by atoms with E-state index in [1.807, 2.05) is 36.4 Å². The molecule has 0 aliphatic heterocycles. The lowest BCUT2D eigenvalue weighted by Gasteiger charge is -2.23. The second-order valence-corrected chi connectivity index (χ2v) is 6.43. The van der Waals surface area contributed by atoms with Crippen LogP contribution in [0.5, 0.6) is 28.7 Å². The summed E-state index contributed by atoms with van der Waals surface area (Å²) >= 11 is 0. The molecule has 0 spiro atoms. The minimum atomic E-state index is -0.0819. The van der Waals surface area contributed by atoms with Gasteiger partial charge in [0.2, 0.25) is 0 Å². The molecule has 0 heterocycles. The lowest BCUT2D eigenvalue weighted by Crippen LogP contribution is -2.07. The maximum atomic E-state index is 5.72. The van der Waals surface area contributed by atoms with Crippen LogP contribution in [0.25, 0.3) is 0 Å². The Morgan fingerprint density at radius 1 is 0.483 bits per heavy atom. The van der Waals surface area contributed by atoms with Crippen molar-refractivity contribution < 1.29 is 23.7 Å². The van der Waals surface area contributed by atoms with Gasteiger partial charge in [0.05, 0.1) is 35.5 Å². The predicted octanol–water partition coefficient (Wildman–Crippen LogP) is 4.91. The SMILES string of the molecule is COc1ccc(C(c2ccc(OC)cc2)c2cc(OC)c(OC)cc2OC)cc1. The highest BCUT2D eigenvalue weighted by molar-refractivity contribution is 5.57. The van der Waals surface area contributed by atoms with E-state index in [9.17, 15) is 0 Å². The van der Waals surface area contributed by atoms with E-state index in [1.165, 1.54) is 0 Å². The van der Waals surface area contributed by atoms with E-state index < -0.39 is 0 Å². The van der Waals surface area contributed by atoms with Crippen molar-refractivity contribution in [3.05, 3.63) is 77.4 Å². The summed E-state index contributed by atoms with van der Waals surface area (Å²) in [5.74, 6) is 3.52. The Balaban J connectivity index is 2.21. The number of ether oxygens (including phenoxy) is 5. The molecule has 0 amide bonds. The van der Waals surface area contributed by atoms with Crippen LogP contribution in [0, 0.1) is 0 Å². The normalized spacial score (nSPS) is 10.6. The number of hydrogen-bond donors (Lipinski definition) is 0. The molecular formula is C24H26O5. The van der Waals surface area contributed by atoms with Gasteiger partial charge in [0, 0.05) is 17.5 Å². The topological polar surface area (TPSA) is 46.2 Å². The van der Waals surface area contributed by atoms with E-state index in [2.05, 4.69) is 24.3 Å². The van der Waals surface area contributed by atoms with Crippen molar-refractivity contribution in [2.24, 2.45) is 0 Å². The van der Waals surface area contributed by atoms with Crippen molar-refractivity contribution in [3.63, 3.8) is 0 Å². The van der Waals surface area contributed by atoms with Gasteiger partial charge in [0.15, 0.2) is 11.5 Å². The fraction of sp³-hybridized carbons (Fsp3) is 0.250. The molecule has 0 unspecified atom stereocenters. The zero-order valence-corrected chi connectivity index (χ0v) is 17.4. The molecule has 0 aliphatic rings. The molecule has 0 saturated heterocycles. The van der Waals surface area contributed by atoms with Gasteiger partial charge < -0.3 is 23.7 Å². The summed E-state index contributed by atoms with van der Waals surface area (Å²) < 4.78 is 27.4. The van der Waals surface area contributed by atoms with E-state index in [0.717, 1.165) is 33.9 Å². The lowest BCUT2D eigenvalue weighted by molar-refractivity contribution is 0.347. The van der Waals surface area contributed by atoms with Crippen molar-refractivity contribution in [1.29, 1.82) is 0 Å². The van der Waals surface area contributed by atoms with E-state index in [0.29, 0.717) is 11.5 Å². The molecule has 0 saturated carbocycles. The third-order valence-corrected chi connectivity index (χ3v) is 4.95. The molecule has 152 valence electrons. The van der Waals surface area contributed by atoms with Gasteiger partial charge in [0.25, 0.3) is 0 Å². The fourth-order valence-corrected chi connectivity index (χ4v) is 3.42. The van der Waals surface area contributed by atoms with E-state index in [-0.39, 0.29) is 5.92 Å². The smallest absolute Gasteiger partial charge is 0.164 e. The first kappa shape index (κ1) is 20.4. The van der Waals surface area contributed by atoms with Crippen molar-refractivity contribution in [2.45, 2.75) is 5.92 Å². The zero-order valence-electron chi connectivity index (χ0n) is 17.4. The van der Waals surface area contributed by atoms with Crippen LogP contribution in [0.2, 0.25) is 0 Å². The van der Waals surface area contributed by atoms with Gasteiger partial charge in [-0.15, -0.1) is 0 Å². The van der Waals surface area contributed by atoms with Crippen molar-refractivity contribution in [1.82, 2.24) is 0 Å². The number of rotatable bonds is 8. The van der Waals surface area contributed by atoms with Gasteiger partial charge in [-0.25, -0.2) is 0 Å². The summed E-state index contributed by atoms with van der Waals surface area (Å²) in [7, 11) is 8.22. The largest absolute Gasteiger partial charge is 0.497 e.